The van der Waals surface area contributed by atoms with Crippen molar-refractivity contribution in [2.75, 3.05) is 23.7 Å². The third kappa shape index (κ3) is 2.09. The lowest BCUT2D eigenvalue weighted by atomic mass is 10.1. The van der Waals surface area contributed by atoms with Gasteiger partial charge in [0.05, 0.1) is 11.4 Å². The van der Waals surface area contributed by atoms with Crippen LogP contribution in [0.4, 0.5) is 11.4 Å². The van der Waals surface area contributed by atoms with Crippen molar-refractivity contribution in [3.8, 4) is 0 Å². The van der Waals surface area contributed by atoms with Crippen LogP contribution in [-0.2, 0) is 4.79 Å². The summed E-state index contributed by atoms with van der Waals surface area (Å²) in [7, 11) is 0. The molecule has 1 unspecified atom stereocenters. The fourth-order valence-corrected chi connectivity index (χ4v) is 2.41. The van der Waals surface area contributed by atoms with Gasteiger partial charge >= 0.3 is 0 Å². The van der Waals surface area contributed by atoms with E-state index in [1.54, 1.807) is 0 Å². The highest BCUT2D eigenvalue weighted by Crippen LogP contribution is 2.27. The first-order valence-electron chi connectivity index (χ1n) is 5.19. The van der Waals surface area contributed by atoms with Crippen molar-refractivity contribution >= 4 is 39.9 Å². The van der Waals surface area contributed by atoms with Gasteiger partial charge in [0.25, 0.3) is 0 Å². The van der Waals surface area contributed by atoms with E-state index in [1.807, 2.05) is 30.0 Å². The maximum Gasteiger partial charge on any atom is 0.242 e. The summed E-state index contributed by atoms with van der Waals surface area (Å²) in [5.41, 5.74) is 7.66. The van der Waals surface area contributed by atoms with Gasteiger partial charge in [-0.2, -0.15) is 0 Å². The number of carbonyl (C=O) groups excluding carboxylic acids is 1. The number of rotatable bonds is 1. The number of nitrogens with one attached hydrogen (secondary N) is 1. The van der Waals surface area contributed by atoms with Crippen molar-refractivity contribution in [2.24, 2.45) is 0 Å². The molecule has 0 spiro atoms. The molecule has 0 aliphatic carbocycles. The highest BCUT2D eigenvalue weighted by atomic mass is 127. The number of halogens is 1. The van der Waals surface area contributed by atoms with Crippen LogP contribution in [0.5, 0.6) is 0 Å². The summed E-state index contributed by atoms with van der Waals surface area (Å²) in [6.07, 6.45) is 0. The highest BCUT2D eigenvalue weighted by molar-refractivity contribution is 14.1. The number of anilines is 2. The van der Waals surface area contributed by atoms with Gasteiger partial charge in [0.15, 0.2) is 0 Å². The second-order valence-corrected chi connectivity index (χ2v) is 5.11. The van der Waals surface area contributed by atoms with Crippen LogP contribution in [0, 0.1) is 3.57 Å². The standard InChI is InChI=1S/C11H14IN3O/c1-7-11(16)14-4-5-15(7)10-3-2-8(12)6-9(10)13/h2-3,6-7H,4-5,13H2,1H3,(H,14,16). The normalized spacial score (nSPS) is 20.8. The molecule has 0 bridgehead atoms. The molecule has 16 heavy (non-hydrogen) atoms. The van der Waals surface area contributed by atoms with Crippen LogP contribution in [0.1, 0.15) is 6.92 Å². The molecular formula is C11H14IN3O. The molecule has 1 fully saturated rings. The zero-order valence-electron chi connectivity index (χ0n) is 9.03. The number of hydrogen-bond acceptors (Lipinski definition) is 3. The third-order valence-corrected chi connectivity index (χ3v) is 3.47. The average Bonchev–Trinajstić information content (AvgIpc) is 2.23. The van der Waals surface area contributed by atoms with Crippen LogP contribution in [-0.4, -0.2) is 25.0 Å². The van der Waals surface area contributed by atoms with Gasteiger partial charge in [-0.1, -0.05) is 0 Å². The summed E-state index contributed by atoms with van der Waals surface area (Å²) < 4.78 is 1.10. The average molecular weight is 331 g/mol. The van der Waals surface area contributed by atoms with Gasteiger partial charge in [-0.25, -0.2) is 0 Å². The molecule has 0 radical (unpaired) electrons. The van der Waals surface area contributed by atoms with E-state index in [1.165, 1.54) is 0 Å². The fourth-order valence-electron chi connectivity index (χ4n) is 1.90. The van der Waals surface area contributed by atoms with Crippen LogP contribution in [0.25, 0.3) is 0 Å². The molecule has 1 saturated heterocycles. The lowest BCUT2D eigenvalue weighted by Crippen LogP contribution is -2.54. The summed E-state index contributed by atoms with van der Waals surface area (Å²) in [6.45, 7) is 3.37. The Kier molecular flexibility index (Phi) is 3.22. The Labute approximate surface area is 108 Å². The first-order chi connectivity index (χ1) is 7.59. The Morgan fingerprint density at radius 3 is 3.00 bits per heavy atom. The molecule has 1 aliphatic heterocycles. The number of piperazine rings is 1. The van der Waals surface area contributed by atoms with Gasteiger partial charge in [0, 0.05) is 16.7 Å². The molecule has 1 heterocycles. The quantitative estimate of drug-likeness (QED) is 0.601. The van der Waals surface area contributed by atoms with Gasteiger partial charge in [-0.3, -0.25) is 4.79 Å². The van der Waals surface area contributed by atoms with Crippen LogP contribution in [0.2, 0.25) is 0 Å². The summed E-state index contributed by atoms with van der Waals surface area (Å²) in [5, 5.41) is 2.84. The van der Waals surface area contributed by atoms with Crippen molar-refractivity contribution in [3.63, 3.8) is 0 Å². The number of nitrogen functional groups attached to an aromatic ring is 1. The lowest BCUT2D eigenvalue weighted by Gasteiger charge is -2.35. The van der Waals surface area contributed by atoms with Crippen LogP contribution >= 0.6 is 22.6 Å². The first kappa shape index (κ1) is 11.5. The molecule has 1 amide bonds. The Morgan fingerprint density at radius 2 is 2.31 bits per heavy atom. The second kappa shape index (κ2) is 4.48. The Hall–Kier alpha value is -0.980. The van der Waals surface area contributed by atoms with Gasteiger partial charge in [-0.05, 0) is 47.7 Å². The van der Waals surface area contributed by atoms with E-state index in [0.717, 1.165) is 21.5 Å². The molecule has 1 aromatic carbocycles. The summed E-state index contributed by atoms with van der Waals surface area (Å²) in [4.78, 5) is 13.6. The highest BCUT2D eigenvalue weighted by Gasteiger charge is 2.26. The van der Waals surface area contributed by atoms with Crippen molar-refractivity contribution in [1.29, 1.82) is 0 Å². The lowest BCUT2D eigenvalue weighted by molar-refractivity contribution is -0.122. The maximum atomic E-state index is 11.6. The topological polar surface area (TPSA) is 58.4 Å². The van der Waals surface area contributed by atoms with E-state index >= 15 is 0 Å². The Balaban J connectivity index is 2.32. The van der Waals surface area contributed by atoms with Gasteiger partial charge in [0.2, 0.25) is 5.91 Å². The fraction of sp³-hybridized carbons (Fsp3) is 0.364. The van der Waals surface area contributed by atoms with Gasteiger partial charge in [0.1, 0.15) is 6.04 Å². The molecule has 4 nitrogen and oxygen atoms in total. The Morgan fingerprint density at radius 1 is 1.56 bits per heavy atom. The van der Waals surface area contributed by atoms with E-state index in [4.69, 9.17) is 5.73 Å². The molecule has 1 atom stereocenters. The van der Waals surface area contributed by atoms with Gasteiger partial charge < -0.3 is 16.0 Å². The van der Waals surface area contributed by atoms with E-state index < -0.39 is 0 Å². The van der Waals surface area contributed by atoms with E-state index in [0.29, 0.717) is 6.54 Å². The third-order valence-electron chi connectivity index (χ3n) is 2.80. The number of nitrogens with two attached hydrogens (primary N) is 1. The maximum absolute atomic E-state index is 11.6. The monoisotopic (exact) mass is 331 g/mol. The van der Waals surface area contributed by atoms with Crippen molar-refractivity contribution in [2.45, 2.75) is 13.0 Å². The molecule has 5 heteroatoms. The number of nitrogens with zero attached hydrogens (tertiary/aromatic N) is 1. The molecule has 0 aromatic heterocycles. The largest absolute Gasteiger partial charge is 0.397 e. The summed E-state index contributed by atoms with van der Waals surface area (Å²) >= 11 is 2.22. The van der Waals surface area contributed by atoms with E-state index in [-0.39, 0.29) is 11.9 Å². The van der Waals surface area contributed by atoms with Crippen molar-refractivity contribution in [3.05, 3.63) is 21.8 Å². The van der Waals surface area contributed by atoms with Gasteiger partial charge in [-0.15, -0.1) is 0 Å². The molecule has 2 rings (SSSR count). The first-order valence-corrected chi connectivity index (χ1v) is 6.27. The van der Waals surface area contributed by atoms with Crippen LogP contribution < -0.4 is 16.0 Å². The predicted octanol–water partition coefficient (Wildman–Crippen LogP) is 1.20. The zero-order valence-corrected chi connectivity index (χ0v) is 11.2. The van der Waals surface area contributed by atoms with Crippen molar-refractivity contribution in [1.82, 2.24) is 5.32 Å². The molecule has 86 valence electrons. The summed E-state index contributed by atoms with van der Waals surface area (Å²) in [6, 6.07) is 5.75. The number of benzene rings is 1. The number of amides is 1. The molecular weight excluding hydrogens is 317 g/mol. The van der Waals surface area contributed by atoms with E-state index in [9.17, 15) is 4.79 Å². The molecule has 3 N–H and O–H groups in total. The minimum absolute atomic E-state index is 0.0594. The van der Waals surface area contributed by atoms with Crippen molar-refractivity contribution < 1.29 is 4.79 Å². The Bertz CT molecular complexity index is 422. The smallest absolute Gasteiger partial charge is 0.242 e. The number of carbonyl (C=O) groups is 1. The minimum atomic E-state index is -0.156. The second-order valence-electron chi connectivity index (χ2n) is 3.86. The SMILES string of the molecule is CC1C(=O)NCCN1c1ccc(I)cc1N. The van der Waals surface area contributed by atoms with Crippen LogP contribution in [0.3, 0.4) is 0 Å². The molecule has 1 aromatic rings. The zero-order chi connectivity index (χ0) is 11.7. The minimum Gasteiger partial charge on any atom is -0.397 e. The molecule has 1 aliphatic rings. The van der Waals surface area contributed by atoms with E-state index in [2.05, 4.69) is 27.9 Å². The molecule has 0 saturated carbocycles. The summed E-state index contributed by atoms with van der Waals surface area (Å²) in [5.74, 6) is 0.0594. The predicted molar refractivity (Wildman–Crippen MR) is 73.4 cm³/mol. The number of hydrogen-bond donors (Lipinski definition) is 2. The van der Waals surface area contributed by atoms with Crippen LogP contribution in [0.15, 0.2) is 18.2 Å².